The lowest BCUT2D eigenvalue weighted by Gasteiger charge is -2.35. The fraction of sp³-hybridized carbons (Fsp3) is 0.500. The van der Waals surface area contributed by atoms with Gasteiger partial charge in [-0.1, -0.05) is 6.08 Å². The molecule has 0 aromatic heterocycles. The molecule has 5 nitrogen and oxygen atoms in total. The van der Waals surface area contributed by atoms with Crippen molar-refractivity contribution in [2.75, 3.05) is 57.3 Å². The standard InChI is InChI=1S/C18H28FN5/c1-3-9-21-18(20-4-2)22-10-11-23-12-14-24(15-13-23)17-7-5-16(19)6-8-17/h3,5-8H,1,4,9-15H2,2H3,(H2,20,21,22). The summed E-state index contributed by atoms with van der Waals surface area (Å²) < 4.78 is 13.0. The molecule has 1 fully saturated rings. The van der Waals surface area contributed by atoms with E-state index in [0.29, 0.717) is 6.54 Å². The molecule has 1 aliphatic rings. The lowest BCUT2D eigenvalue weighted by atomic mass is 10.2. The highest BCUT2D eigenvalue weighted by atomic mass is 19.1. The van der Waals surface area contributed by atoms with Gasteiger partial charge in [0.1, 0.15) is 5.82 Å². The van der Waals surface area contributed by atoms with E-state index in [4.69, 9.17) is 0 Å². The van der Waals surface area contributed by atoms with Gasteiger partial charge >= 0.3 is 0 Å². The number of halogens is 1. The first-order chi connectivity index (χ1) is 11.7. The molecular formula is C18H28FN5. The van der Waals surface area contributed by atoms with Gasteiger partial charge in [0.05, 0.1) is 6.54 Å². The number of aliphatic imine (C=N–C) groups is 1. The van der Waals surface area contributed by atoms with Gasteiger partial charge in [0.15, 0.2) is 5.96 Å². The highest BCUT2D eigenvalue weighted by Gasteiger charge is 2.16. The highest BCUT2D eigenvalue weighted by molar-refractivity contribution is 5.79. The molecule has 0 aliphatic carbocycles. The van der Waals surface area contributed by atoms with Crippen LogP contribution >= 0.6 is 0 Å². The van der Waals surface area contributed by atoms with E-state index in [9.17, 15) is 4.39 Å². The van der Waals surface area contributed by atoms with Crippen LogP contribution in [0, 0.1) is 5.82 Å². The summed E-state index contributed by atoms with van der Waals surface area (Å²) in [6, 6.07) is 6.75. The molecule has 0 bridgehead atoms. The molecule has 0 radical (unpaired) electrons. The van der Waals surface area contributed by atoms with Gasteiger partial charge in [0, 0.05) is 51.5 Å². The molecule has 1 aromatic carbocycles. The van der Waals surface area contributed by atoms with Gasteiger partial charge in [0.2, 0.25) is 0 Å². The predicted molar refractivity (Wildman–Crippen MR) is 99.2 cm³/mol. The molecule has 2 N–H and O–H groups in total. The summed E-state index contributed by atoms with van der Waals surface area (Å²) in [6.07, 6.45) is 1.82. The van der Waals surface area contributed by atoms with Gasteiger partial charge in [-0.3, -0.25) is 9.89 Å². The minimum absolute atomic E-state index is 0.184. The summed E-state index contributed by atoms with van der Waals surface area (Å²) in [6.45, 7) is 13.0. The van der Waals surface area contributed by atoms with Crippen molar-refractivity contribution in [2.45, 2.75) is 6.92 Å². The Balaban J connectivity index is 1.74. The Bertz CT molecular complexity index is 521. The topological polar surface area (TPSA) is 42.9 Å². The molecule has 1 aromatic rings. The predicted octanol–water partition coefficient (Wildman–Crippen LogP) is 1.69. The Hall–Kier alpha value is -2.08. The van der Waals surface area contributed by atoms with Crippen molar-refractivity contribution < 1.29 is 4.39 Å². The molecule has 0 amide bonds. The van der Waals surface area contributed by atoms with Gasteiger partial charge in [0.25, 0.3) is 0 Å². The molecule has 0 atom stereocenters. The molecule has 24 heavy (non-hydrogen) atoms. The zero-order chi connectivity index (χ0) is 17.2. The third-order valence-corrected chi connectivity index (χ3v) is 4.01. The molecule has 2 rings (SSSR count). The highest BCUT2D eigenvalue weighted by Crippen LogP contribution is 2.16. The summed E-state index contributed by atoms with van der Waals surface area (Å²) in [7, 11) is 0. The molecule has 0 spiro atoms. The van der Waals surface area contributed by atoms with E-state index in [-0.39, 0.29) is 5.82 Å². The first kappa shape index (κ1) is 18.3. The van der Waals surface area contributed by atoms with Crippen LogP contribution in [0.15, 0.2) is 41.9 Å². The quantitative estimate of drug-likeness (QED) is 0.453. The second-order valence-electron chi connectivity index (χ2n) is 5.74. The minimum atomic E-state index is -0.184. The average Bonchev–Trinajstić information content (AvgIpc) is 2.61. The minimum Gasteiger partial charge on any atom is -0.369 e. The summed E-state index contributed by atoms with van der Waals surface area (Å²) in [5, 5.41) is 6.43. The summed E-state index contributed by atoms with van der Waals surface area (Å²) in [4.78, 5) is 9.30. The smallest absolute Gasteiger partial charge is 0.191 e. The van der Waals surface area contributed by atoms with Gasteiger partial charge in [-0.25, -0.2) is 4.39 Å². The third kappa shape index (κ3) is 5.85. The maximum atomic E-state index is 13.0. The molecule has 132 valence electrons. The molecule has 1 aliphatic heterocycles. The number of rotatable bonds is 7. The van der Waals surface area contributed by atoms with Crippen molar-refractivity contribution >= 4 is 11.6 Å². The zero-order valence-electron chi connectivity index (χ0n) is 14.5. The Morgan fingerprint density at radius 2 is 1.92 bits per heavy atom. The number of nitrogens with zero attached hydrogens (tertiary/aromatic N) is 3. The van der Waals surface area contributed by atoms with Crippen LogP contribution in [0.25, 0.3) is 0 Å². The van der Waals surface area contributed by atoms with E-state index >= 15 is 0 Å². The molecule has 6 heteroatoms. The lowest BCUT2D eigenvalue weighted by molar-refractivity contribution is 0.265. The molecule has 1 heterocycles. The van der Waals surface area contributed by atoms with Crippen LogP contribution in [-0.2, 0) is 0 Å². The summed E-state index contributed by atoms with van der Waals surface area (Å²) in [5.74, 6) is 0.652. The number of nitrogens with one attached hydrogen (secondary N) is 2. The van der Waals surface area contributed by atoms with E-state index < -0.39 is 0 Å². The van der Waals surface area contributed by atoms with Crippen molar-refractivity contribution in [3.8, 4) is 0 Å². The van der Waals surface area contributed by atoms with Crippen LogP contribution in [0.5, 0.6) is 0 Å². The van der Waals surface area contributed by atoms with Crippen molar-refractivity contribution in [3.63, 3.8) is 0 Å². The largest absolute Gasteiger partial charge is 0.369 e. The monoisotopic (exact) mass is 333 g/mol. The Morgan fingerprint density at radius 1 is 1.21 bits per heavy atom. The lowest BCUT2D eigenvalue weighted by Crippen LogP contribution is -2.47. The van der Waals surface area contributed by atoms with Crippen LogP contribution in [0.2, 0.25) is 0 Å². The van der Waals surface area contributed by atoms with E-state index in [1.807, 2.05) is 18.2 Å². The van der Waals surface area contributed by atoms with Crippen molar-refractivity contribution in [2.24, 2.45) is 4.99 Å². The first-order valence-electron chi connectivity index (χ1n) is 8.59. The van der Waals surface area contributed by atoms with Gasteiger partial charge in [-0.05, 0) is 31.2 Å². The Morgan fingerprint density at radius 3 is 2.54 bits per heavy atom. The molecule has 1 saturated heterocycles. The summed E-state index contributed by atoms with van der Waals surface area (Å²) >= 11 is 0. The fourth-order valence-corrected chi connectivity index (χ4v) is 2.70. The SMILES string of the molecule is C=CCNC(=NCCN1CCN(c2ccc(F)cc2)CC1)NCC. The number of piperazine rings is 1. The molecule has 0 unspecified atom stereocenters. The van der Waals surface area contributed by atoms with Crippen LogP contribution in [0.3, 0.4) is 0 Å². The van der Waals surface area contributed by atoms with E-state index in [1.54, 1.807) is 0 Å². The second-order valence-corrected chi connectivity index (χ2v) is 5.74. The first-order valence-corrected chi connectivity index (χ1v) is 8.59. The maximum absolute atomic E-state index is 13.0. The van der Waals surface area contributed by atoms with Gasteiger partial charge in [-0.15, -0.1) is 6.58 Å². The van der Waals surface area contributed by atoms with Gasteiger partial charge < -0.3 is 15.5 Å². The van der Waals surface area contributed by atoms with E-state index in [2.05, 4.69) is 38.9 Å². The van der Waals surface area contributed by atoms with Crippen molar-refractivity contribution in [3.05, 3.63) is 42.7 Å². The van der Waals surface area contributed by atoms with Crippen LogP contribution in [0.1, 0.15) is 6.92 Å². The van der Waals surface area contributed by atoms with E-state index in [0.717, 1.165) is 57.5 Å². The Kier molecular flexibility index (Phi) is 7.55. The normalized spacial score (nSPS) is 16.1. The van der Waals surface area contributed by atoms with Crippen LogP contribution in [-0.4, -0.2) is 63.2 Å². The number of guanidine groups is 1. The molecule has 0 saturated carbocycles. The second kappa shape index (κ2) is 9.93. The van der Waals surface area contributed by atoms with Crippen LogP contribution in [0.4, 0.5) is 10.1 Å². The van der Waals surface area contributed by atoms with Crippen molar-refractivity contribution in [1.82, 2.24) is 15.5 Å². The molecular weight excluding hydrogens is 305 g/mol. The van der Waals surface area contributed by atoms with Crippen LogP contribution < -0.4 is 15.5 Å². The summed E-state index contributed by atoms with van der Waals surface area (Å²) in [5.41, 5.74) is 1.09. The zero-order valence-corrected chi connectivity index (χ0v) is 14.5. The van der Waals surface area contributed by atoms with E-state index in [1.165, 1.54) is 12.1 Å². The average molecular weight is 333 g/mol. The fourth-order valence-electron chi connectivity index (χ4n) is 2.70. The Labute approximate surface area is 144 Å². The number of anilines is 1. The number of hydrogen-bond donors (Lipinski definition) is 2. The maximum Gasteiger partial charge on any atom is 0.191 e. The third-order valence-electron chi connectivity index (χ3n) is 4.01. The number of benzene rings is 1. The van der Waals surface area contributed by atoms with Crippen molar-refractivity contribution in [1.29, 1.82) is 0 Å². The number of hydrogen-bond acceptors (Lipinski definition) is 3. The van der Waals surface area contributed by atoms with Gasteiger partial charge in [-0.2, -0.15) is 0 Å².